The molecule has 0 spiro atoms. The molecule has 0 aliphatic carbocycles. The van der Waals surface area contributed by atoms with E-state index in [9.17, 15) is 4.79 Å². The number of ether oxygens (including phenoxy) is 1. The summed E-state index contributed by atoms with van der Waals surface area (Å²) in [5, 5.41) is 3.22. The number of amides is 1. The number of nitrogens with one attached hydrogen (secondary N) is 1. The van der Waals surface area contributed by atoms with E-state index in [1.807, 2.05) is 80.6 Å². The van der Waals surface area contributed by atoms with Crippen molar-refractivity contribution in [1.82, 2.24) is 5.32 Å². The van der Waals surface area contributed by atoms with Crippen molar-refractivity contribution in [3.8, 4) is 5.75 Å². The maximum atomic E-state index is 13.1. The minimum Gasteiger partial charge on any atom is -0.480 e. The number of aryl methyl sites for hydroxylation is 2. The summed E-state index contributed by atoms with van der Waals surface area (Å²) < 4.78 is 6.05. The first-order valence-corrected chi connectivity index (χ1v) is 9.73. The van der Waals surface area contributed by atoms with Crippen LogP contribution in [0.1, 0.15) is 41.6 Å². The third-order valence-corrected chi connectivity index (χ3v) is 4.95. The lowest BCUT2D eigenvalue weighted by molar-refractivity contribution is -0.128. The molecule has 0 unspecified atom stereocenters. The van der Waals surface area contributed by atoms with Gasteiger partial charge in [-0.25, -0.2) is 0 Å². The van der Waals surface area contributed by atoms with Crippen LogP contribution in [0.3, 0.4) is 0 Å². The molecule has 28 heavy (non-hydrogen) atoms. The van der Waals surface area contributed by atoms with E-state index in [-0.39, 0.29) is 11.9 Å². The largest absolute Gasteiger partial charge is 0.480 e. The van der Waals surface area contributed by atoms with Crippen LogP contribution in [0.5, 0.6) is 5.75 Å². The molecule has 3 nitrogen and oxygen atoms in total. The quantitative estimate of drug-likeness (QED) is 0.605. The van der Waals surface area contributed by atoms with Crippen LogP contribution in [0.25, 0.3) is 0 Å². The Bertz CT molecular complexity index is 921. The molecule has 3 rings (SSSR count). The molecule has 3 aromatic rings. The predicted molar refractivity (Wildman–Crippen MR) is 113 cm³/mol. The minimum atomic E-state index is -0.545. The Morgan fingerprint density at radius 3 is 2.11 bits per heavy atom. The molecule has 3 aromatic carbocycles. The average Bonchev–Trinajstić information content (AvgIpc) is 2.72. The lowest BCUT2D eigenvalue weighted by Gasteiger charge is -2.25. The first kappa shape index (κ1) is 19.7. The van der Waals surface area contributed by atoms with E-state index >= 15 is 0 Å². The summed E-state index contributed by atoms with van der Waals surface area (Å²) in [6.45, 7) is 6.02. The van der Waals surface area contributed by atoms with Crippen molar-refractivity contribution in [2.24, 2.45) is 0 Å². The molecule has 0 radical (unpaired) electrons. The van der Waals surface area contributed by atoms with Crippen molar-refractivity contribution >= 4 is 5.91 Å². The minimum absolute atomic E-state index is 0.108. The summed E-state index contributed by atoms with van der Waals surface area (Å²) in [7, 11) is 0. The molecule has 0 aliphatic rings. The first-order valence-electron chi connectivity index (χ1n) is 9.73. The molecular weight excluding hydrogens is 346 g/mol. The second-order valence-corrected chi connectivity index (χ2v) is 6.99. The Morgan fingerprint density at radius 2 is 1.46 bits per heavy atom. The summed E-state index contributed by atoms with van der Waals surface area (Å²) in [5.41, 5.74) is 4.31. The zero-order chi connectivity index (χ0) is 19.9. The van der Waals surface area contributed by atoms with Crippen LogP contribution >= 0.6 is 0 Å². The molecule has 3 heteroatoms. The van der Waals surface area contributed by atoms with Crippen LogP contribution in [-0.4, -0.2) is 12.0 Å². The highest BCUT2D eigenvalue weighted by molar-refractivity contribution is 5.82. The Morgan fingerprint density at radius 1 is 0.857 bits per heavy atom. The standard InChI is InChI=1S/C25H27NO2/c1-4-22(28-23-17-11-9-13-19(23)3)25(27)26-24(20-14-6-5-7-15-20)21-16-10-8-12-18(21)2/h5-17,22,24H,4H2,1-3H3,(H,26,27)/t22-,24-/m0/s1. The Kier molecular flexibility index (Phi) is 6.49. The molecule has 0 fully saturated rings. The molecule has 0 bridgehead atoms. The molecular formula is C25H27NO2. The van der Waals surface area contributed by atoms with Crippen LogP contribution in [0.4, 0.5) is 0 Å². The summed E-state index contributed by atoms with van der Waals surface area (Å²) in [6.07, 6.45) is 0.0476. The van der Waals surface area contributed by atoms with Crippen LogP contribution < -0.4 is 10.1 Å². The van der Waals surface area contributed by atoms with Gasteiger partial charge in [0, 0.05) is 0 Å². The monoisotopic (exact) mass is 373 g/mol. The van der Waals surface area contributed by atoms with Gasteiger partial charge in [0.1, 0.15) is 5.75 Å². The summed E-state index contributed by atoms with van der Waals surface area (Å²) in [5.74, 6) is 0.638. The van der Waals surface area contributed by atoms with Crippen LogP contribution in [0.15, 0.2) is 78.9 Å². The van der Waals surface area contributed by atoms with Crippen molar-refractivity contribution in [1.29, 1.82) is 0 Å². The molecule has 0 heterocycles. The second-order valence-electron chi connectivity index (χ2n) is 6.99. The van der Waals surface area contributed by atoms with Crippen molar-refractivity contribution in [2.75, 3.05) is 0 Å². The molecule has 0 saturated heterocycles. The van der Waals surface area contributed by atoms with Crippen molar-refractivity contribution in [3.63, 3.8) is 0 Å². The molecule has 1 N–H and O–H groups in total. The van der Waals surface area contributed by atoms with Gasteiger partial charge >= 0.3 is 0 Å². The number of hydrogen-bond acceptors (Lipinski definition) is 2. The van der Waals surface area contributed by atoms with Gasteiger partial charge in [0.25, 0.3) is 5.91 Å². The third kappa shape index (κ3) is 4.61. The van der Waals surface area contributed by atoms with E-state index in [0.717, 1.165) is 28.0 Å². The Labute approximate surface area is 167 Å². The van der Waals surface area contributed by atoms with Crippen molar-refractivity contribution in [3.05, 3.63) is 101 Å². The highest BCUT2D eigenvalue weighted by atomic mass is 16.5. The first-order chi connectivity index (χ1) is 13.6. The lowest BCUT2D eigenvalue weighted by Crippen LogP contribution is -2.40. The van der Waals surface area contributed by atoms with Gasteiger partial charge in [-0.2, -0.15) is 0 Å². The Balaban J connectivity index is 1.86. The van der Waals surface area contributed by atoms with Gasteiger partial charge < -0.3 is 10.1 Å². The van der Waals surface area contributed by atoms with E-state index in [1.54, 1.807) is 0 Å². The normalized spacial score (nSPS) is 12.8. The number of benzene rings is 3. The topological polar surface area (TPSA) is 38.3 Å². The highest BCUT2D eigenvalue weighted by Crippen LogP contribution is 2.26. The zero-order valence-corrected chi connectivity index (χ0v) is 16.7. The highest BCUT2D eigenvalue weighted by Gasteiger charge is 2.24. The molecule has 0 aromatic heterocycles. The van der Waals surface area contributed by atoms with Crippen LogP contribution in [-0.2, 0) is 4.79 Å². The summed E-state index contributed by atoms with van der Waals surface area (Å²) >= 11 is 0. The van der Waals surface area contributed by atoms with E-state index in [2.05, 4.69) is 24.4 Å². The number of carbonyl (C=O) groups excluding carboxylic acids is 1. The smallest absolute Gasteiger partial charge is 0.261 e. The second kappa shape index (κ2) is 9.23. The molecule has 1 amide bonds. The number of para-hydroxylation sites is 1. The van der Waals surface area contributed by atoms with Crippen molar-refractivity contribution < 1.29 is 9.53 Å². The van der Waals surface area contributed by atoms with Gasteiger partial charge in [0.2, 0.25) is 0 Å². The molecule has 0 saturated carbocycles. The van der Waals surface area contributed by atoms with Gasteiger partial charge in [-0.05, 0) is 48.6 Å². The summed E-state index contributed by atoms with van der Waals surface area (Å²) in [6, 6.07) is 25.8. The number of hydrogen-bond donors (Lipinski definition) is 1. The maximum absolute atomic E-state index is 13.1. The SMILES string of the molecule is CC[C@H](Oc1ccccc1C)C(=O)N[C@@H](c1ccccc1)c1ccccc1C. The number of carbonyl (C=O) groups is 1. The van der Waals surface area contributed by atoms with Crippen LogP contribution in [0, 0.1) is 13.8 Å². The van der Waals surface area contributed by atoms with E-state index < -0.39 is 6.10 Å². The van der Waals surface area contributed by atoms with E-state index in [0.29, 0.717) is 6.42 Å². The van der Waals surface area contributed by atoms with Crippen LogP contribution in [0.2, 0.25) is 0 Å². The Hall–Kier alpha value is -3.07. The lowest BCUT2D eigenvalue weighted by atomic mass is 9.94. The predicted octanol–water partition coefficient (Wildman–Crippen LogP) is 5.37. The third-order valence-electron chi connectivity index (χ3n) is 4.95. The van der Waals surface area contributed by atoms with Crippen molar-refractivity contribution in [2.45, 2.75) is 39.3 Å². The fourth-order valence-corrected chi connectivity index (χ4v) is 3.30. The maximum Gasteiger partial charge on any atom is 0.261 e. The number of rotatable bonds is 7. The van der Waals surface area contributed by atoms with Gasteiger partial charge in [-0.1, -0.05) is 79.7 Å². The van der Waals surface area contributed by atoms with E-state index in [1.165, 1.54) is 0 Å². The molecule has 144 valence electrons. The summed E-state index contributed by atoms with van der Waals surface area (Å²) in [4.78, 5) is 13.1. The molecule has 0 aliphatic heterocycles. The fourth-order valence-electron chi connectivity index (χ4n) is 3.30. The van der Waals surface area contributed by atoms with Gasteiger partial charge in [0.15, 0.2) is 6.10 Å². The molecule has 2 atom stereocenters. The average molecular weight is 373 g/mol. The van der Waals surface area contributed by atoms with E-state index in [4.69, 9.17) is 4.74 Å². The zero-order valence-electron chi connectivity index (χ0n) is 16.7. The van der Waals surface area contributed by atoms with Gasteiger partial charge in [-0.3, -0.25) is 4.79 Å². The van der Waals surface area contributed by atoms with Gasteiger partial charge in [0.05, 0.1) is 6.04 Å². The van der Waals surface area contributed by atoms with Gasteiger partial charge in [-0.15, -0.1) is 0 Å². The fraction of sp³-hybridized carbons (Fsp3) is 0.240.